The van der Waals surface area contributed by atoms with E-state index in [4.69, 9.17) is 27.9 Å². The molecule has 2 atom stereocenters. The van der Waals surface area contributed by atoms with Gasteiger partial charge in [-0.3, -0.25) is 19.5 Å². The normalized spacial score (nSPS) is 19.8. The van der Waals surface area contributed by atoms with E-state index < -0.39 is 36.0 Å². The van der Waals surface area contributed by atoms with Gasteiger partial charge in [-0.15, -0.1) is 0 Å². The summed E-state index contributed by atoms with van der Waals surface area (Å²) in [7, 11) is 0. The minimum absolute atomic E-state index is 0.00339. The highest BCUT2D eigenvalue weighted by molar-refractivity contribution is 6.40. The predicted molar refractivity (Wildman–Crippen MR) is 160 cm³/mol. The van der Waals surface area contributed by atoms with Gasteiger partial charge in [-0.1, -0.05) is 65.7 Å². The molecule has 0 unspecified atom stereocenters. The maximum absolute atomic E-state index is 13.5. The number of ether oxygens (including phenoxy) is 1. The van der Waals surface area contributed by atoms with E-state index in [1.54, 1.807) is 24.3 Å². The number of fused-ring (bicyclic) bond motifs is 3. The van der Waals surface area contributed by atoms with Crippen LogP contribution in [0.5, 0.6) is 0 Å². The van der Waals surface area contributed by atoms with Crippen molar-refractivity contribution in [2.75, 3.05) is 5.32 Å². The SMILES string of the molecule is O=C(Nc1ccc(C[C@H](NC(=O)[C@@H]2C3CCC(CC3)N2C(=O)OCc2ccccc2)C(=O)O)cc1)c1c(Cl)cncc1Cl. The van der Waals surface area contributed by atoms with E-state index >= 15 is 0 Å². The molecule has 0 spiro atoms. The lowest BCUT2D eigenvalue weighted by Gasteiger charge is -2.49. The predicted octanol–water partition coefficient (Wildman–Crippen LogP) is 5.33. The van der Waals surface area contributed by atoms with Crippen LogP contribution >= 0.6 is 23.2 Å². The van der Waals surface area contributed by atoms with E-state index in [-0.39, 0.29) is 40.6 Å². The van der Waals surface area contributed by atoms with Crippen LogP contribution in [0.4, 0.5) is 10.5 Å². The average molecular weight is 626 g/mol. The number of hydrogen-bond acceptors (Lipinski definition) is 6. The van der Waals surface area contributed by atoms with Gasteiger partial charge in [-0.05, 0) is 54.9 Å². The lowest BCUT2D eigenvalue weighted by Crippen LogP contribution is -2.64. The Morgan fingerprint density at radius 3 is 2.21 bits per heavy atom. The molecule has 10 nitrogen and oxygen atoms in total. The highest BCUT2D eigenvalue weighted by Gasteiger charge is 2.48. The fraction of sp³-hybridized carbons (Fsp3) is 0.323. The Bertz CT molecular complexity index is 1480. The third-order valence-corrected chi connectivity index (χ3v) is 8.49. The first kappa shape index (κ1) is 30.3. The number of amides is 3. The Balaban J connectivity index is 1.23. The smallest absolute Gasteiger partial charge is 0.411 e. The molecule has 1 aliphatic carbocycles. The van der Waals surface area contributed by atoms with Crippen LogP contribution in [-0.4, -0.2) is 57.0 Å². The maximum Gasteiger partial charge on any atom is 0.411 e. The lowest BCUT2D eigenvalue weighted by atomic mass is 9.74. The molecule has 3 aromatic rings. The number of halogens is 2. The molecule has 3 N–H and O–H groups in total. The number of carbonyl (C=O) groups excluding carboxylic acids is 3. The van der Waals surface area contributed by atoms with Gasteiger partial charge in [-0.2, -0.15) is 0 Å². The molecule has 3 fully saturated rings. The largest absolute Gasteiger partial charge is 0.480 e. The van der Waals surface area contributed by atoms with Crippen LogP contribution < -0.4 is 10.6 Å². The third kappa shape index (κ3) is 7.09. The van der Waals surface area contributed by atoms with Crippen molar-refractivity contribution in [3.63, 3.8) is 0 Å². The number of piperidine rings is 2. The maximum atomic E-state index is 13.5. The van der Waals surface area contributed by atoms with E-state index in [0.717, 1.165) is 31.2 Å². The summed E-state index contributed by atoms with van der Waals surface area (Å²) in [6, 6.07) is 13.7. The summed E-state index contributed by atoms with van der Waals surface area (Å²) in [5, 5.41) is 15.5. The van der Waals surface area contributed by atoms with Crippen molar-refractivity contribution in [1.29, 1.82) is 0 Å². The molecule has 2 aromatic carbocycles. The summed E-state index contributed by atoms with van der Waals surface area (Å²) >= 11 is 12.1. The van der Waals surface area contributed by atoms with E-state index in [1.807, 2.05) is 30.3 Å². The van der Waals surface area contributed by atoms with Crippen LogP contribution in [0.15, 0.2) is 67.0 Å². The number of aromatic nitrogens is 1. The molecule has 0 radical (unpaired) electrons. The van der Waals surface area contributed by atoms with Crippen LogP contribution in [0.3, 0.4) is 0 Å². The second kappa shape index (κ2) is 13.4. The zero-order valence-corrected chi connectivity index (χ0v) is 24.6. The second-order valence-corrected chi connectivity index (χ2v) is 11.5. The molecule has 2 bridgehead atoms. The molecule has 12 heteroatoms. The first-order valence-electron chi connectivity index (χ1n) is 13.9. The van der Waals surface area contributed by atoms with Gasteiger partial charge in [0, 0.05) is 30.5 Å². The zero-order valence-electron chi connectivity index (χ0n) is 23.0. The molecule has 3 aliphatic rings. The number of anilines is 1. The highest BCUT2D eigenvalue weighted by Crippen LogP contribution is 2.40. The van der Waals surface area contributed by atoms with Crippen molar-refractivity contribution in [2.24, 2.45) is 5.92 Å². The van der Waals surface area contributed by atoms with Crippen LogP contribution in [0, 0.1) is 5.92 Å². The summed E-state index contributed by atoms with van der Waals surface area (Å²) in [5.41, 5.74) is 1.98. The number of aliphatic carboxylic acids is 1. The van der Waals surface area contributed by atoms with Crippen molar-refractivity contribution in [3.8, 4) is 0 Å². The molecule has 6 rings (SSSR count). The Hall–Kier alpha value is -4.15. The fourth-order valence-corrected chi connectivity index (χ4v) is 6.32. The number of benzene rings is 2. The van der Waals surface area contributed by atoms with Gasteiger partial charge < -0.3 is 20.5 Å². The van der Waals surface area contributed by atoms with Gasteiger partial charge in [-0.25, -0.2) is 9.59 Å². The Morgan fingerprint density at radius 1 is 0.930 bits per heavy atom. The van der Waals surface area contributed by atoms with Crippen LogP contribution in [0.1, 0.15) is 47.2 Å². The van der Waals surface area contributed by atoms with Gasteiger partial charge in [0.05, 0.1) is 15.6 Å². The van der Waals surface area contributed by atoms with Crippen LogP contribution in [-0.2, 0) is 27.4 Å². The van der Waals surface area contributed by atoms with Gasteiger partial charge >= 0.3 is 12.1 Å². The van der Waals surface area contributed by atoms with Crippen molar-refractivity contribution in [2.45, 2.75) is 56.8 Å². The van der Waals surface area contributed by atoms with E-state index in [1.165, 1.54) is 17.3 Å². The monoisotopic (exact) mass is 624 g/mol. The van der Waals surface area contributed by atoms with E-state index in [0.29, 0.717) is 11.3 Å². The Labute approximate surface area is 258 Å². The number of pyridine rings is 1. The second-order valence-electron chi connectivity index (χ2n) is 10.7. The van der Waals surface area contributed by atoms with Crippen LogP contribution in [0.2, 0.25) is 10.0 Å². The lowest BCUT2D eigenvalue weighted by molar-refractivity contribution is -0.144. The molecule has 43 heavy (non-hydrogen) atoms. The summed E-state index contributed by atoms with van der Waals surface area (Å²) in [5.74, 6) is -2.30. The molecule has 2 aliphatic heterocycles. The summed E-state index contributed by atoms with van der Waals surface area (Å²) in [6.45, 7) is 0.0821. The minimum Gasteiger partial charge on any atom is -0.480 e. The van der Waals surface area contributed by atoms with Gasteiger partial charge in [0.2, 0.25) is 5.91 Å². The first-order valence-corrected chi connectivity index (χ1v) is 14.7. The number of carboxylic acids is 1. The molecule has 1 aromatic heterocycles. The molecule has 224 valence electrons. The number of hydrogen-bond donors (Lipinski definition) is 3. The summed E-state index contributed by atoms with van der Waals surface area (Å²) in [6.07, 6.45) is 5.18. The van der Waals surface area contributed by atoms with Gasteiger partial charge in [0.15, 0.2) is 0 Å². The van der Waals surface area contributed by atoms with Crippen molar-refractivity contribution in [1.82, 2.24) is 15.2 Å². The molecule has 2 saturated heterocycles. The topological polar surface area (TPSA) is 138 Å². The Kier molecular flexibility index (Phi) is 9.47. The molecule has 3 amide bonds. The quantitative estimate of drug-likeness (QED) is 0.292. The van der Waals surface area contributed by atoms with Gasteiger partial charge in [0.1, 0.15) is 18.7 Å². The number of rotatable bonds is 9. The Morgan fingerprint density at radius 2 is 1.58 bits per heavy atom. The van der Waals surface area contributed by atoms with Crippen LogP contribution in [0.25, 0.3) is 0 Å². The standard InChI is InChI=1S/C31H30Cl2N4O6/c32-23-15-34-16-24(33)26(23)28(38)35-21-10-6-18(7-11-21)14-25(30(40)41)36-29(39)27-20-8-12-22(13-9-20)37(27)31(42)43-17-19-4-2-1-3-5-19/h1-7,10-11,15-16,20,22,25,27H,8-9,12-14,17H2,(H,35,38)(H,36,39)(H,40,41)/t20?,22?,25-,27-/m0/s1. The molecular weight excluding hydrogens is 595 g/mol. The number of carboxylic acid groups (broad SMARTS) is 1. The summed E-state index contributed by atoms with van der Waals surface area (Å²) < 4.78 is 5.57. The number of nitrogens with zero attached hydrogens (tertiary/aromatic N) is 2. The first-order chi connectivity index (χ1) is 20.7. The average Bonchev–Trinajstić information content (AvgIpc) is 3.01. The summed E-state index contributed by atoms with van der Waals surface area (Å²) in [4.78, 5) is 56.9. The molecule has 1 saturated carbocycles. The van der Waals surface area contributed by atoms with Crippen molar-refractivity contribution < 1.29 is 29.0 Å². The van der Waals surface area contributed by atoms with Gasteiger partial charge in [0.25, 0.3) is 5.91 Å². The van der Waals surface area contributed by atoms with Crippen molar-refractivity contribution in [3.05, 3.63) is 93.7 Å². The highest BCUT2D eigenvalue weighted by atomic mass is 35.5. The van der Waals surface area contributed by atoms with Crippen molar-refractivity contribution >= 4 is 52.8 Å². The number of nitrogens with one attached hydrogen (secondary N) is 2. The molecular formula is C31H30Cl2N4O6. The van der Waals surface area contributed by atoms with E-state index in [2.05, 4.69) is 15.6 Å². The zero-order chi connectivity index (χ0) is 30.5. The molecule has 3 heterocycles. The fourth-order valence-electron chi connectivity index (χ4n) is 5.79. The third-order valence-electron chi connectivity index (χ3n) is 7.91. The minimum atomic E-state index is -1.23. The number of carbonyl (C=O) groups is 4. The van der Waals surface area contributed by atoms with E-state index in [9.17, 15) is 24.3 Å².